The van der Waals surface area contributed by atoms with Gasteiger partial charge in [0.05, 0.1) is 11.4 Å². The molecule has 10 heteroatoms. The monoisotopic (exact) mass is 300 g/mol. The predicted molar refractivity (Wildman–Crippen MR) is 62.0 cm³/mol. The summed E-state index contributed by atoms with van der Waals surface area (Å²) >= 11 is 0. The first-order valence-electron chi connectivity index (χ1n) is 5.31. The van der Waals surface area contributed by atoms with Gasteiger partial charge in [-0.1, -0.05) is 0 Å². The van der Waals surface area contributed by atoms with Gasteiger partial charge in [0, 0.05) is 13.6 Å². The van der Waals surface area contributed by atoms with E-state index in [1.165, 1.54) is 6.92 Å². The number of aromatic nitrogens is 2. The molecule has 0 aromatic carbocycles. The highest BCUT2D eigenvalue weighted by atomic mass is 32.2. The highest BCUT2D eigenvalue weighted by molar-refractivity contribution is 7.89. The summed E-state index contributed by atoms with van der Waals surface area (Å²) < 4.78 is 61.4. The van der Waals surface area contributed by atoms with Gasteiger partial charge in [-0.3, -0.25) is 5.10 Å². The maximum Gasteiger partial charge on any atom is 0.402 e. The summed E-state index contributed by atoms with van der Waals surface area (Å²) in [6, 6.07) is 0. The zero-order valence-electron chi connectivity index (χ0n) is 10.7. The smallest absolute Gasteiger partial charge is 0.314 e. The van der Waals surface area contributed by atoms with Crippen LogP contribution in [-0.2, 0) is 16.6 Å². The molecule has 19 heavy (non-hydrogen) atoms. The quantitative estimate of drug-likeness (QED) is 0.835. The molecular formula is C9H15F3N4O2S. The molecule has 1 rings (SSSR count). The Morgan fingerprint density at radius 2 is 2.00 bits per heavy atom. The first-order valence-corrected chi connectivity index (χ1v) is 6.75. The number of rotatable bonds is 5. The van der Waals surface area contributed by atoms with E-state index >= 15 is 0 Å². The van der Waals surface area contributed by atoms with Crippen LogP contribution in [-0.4, -0.2) is 49.7 Å². The second-order valence-electron chi connectivity index (χ2n) is 4.03. The summed E-state index contributed by atoms with van der Waals surface area (Å²) in [5.41, 5.74) is 0.369. The summed E-state index contributed by atoms with van der Waals surface area (Å²) in [5, 5.41) is 8.95. The molecule has 0 bridgehead atoms. The Morgan fingerprint density at radius 3 is 2.47 bits per heavy atom. The van der Waals surface area contributed by atoms with E-state index in [1.807, 2.05) is 0 Å². The highest BCUT2D eigenvalue weighted by Crippen LogP contribution is 2.24. The van der Waals surface area contributed by atoms with E-state index in [4.69, 9.17) is 0 Å². The second kappa shape index (κ2) is 5.47. The molecule has 1 heterocycles. The molecule has 0 fully saturated rings. The van der Waals surface area contributed by atoms with Crippen LogP contribution in [0.2, 0.25) is 0 Å². The van der Waals surface area contributed by atoms with Gasteiger partial charge < -0.3 is 5.32 Å². The van der Waals surface area contributed by atoms with Crippen molar-refractivity contribution >= 4 is 10.0 Å². The molecular weight excluding hydrogens is 285 g/mol. The fraction of sp³-hybridized carbons (Fsp3) is 0.667. The summed E-state index contributed by atoms with van der Waals surface area (Å²) in [6.07, 6.45) is -4.59. The van der Waals surface area contributed by atoms with E-state index in [0.717, 1.165) is 7.05 Å². The van der Waals surface area contributed by atoms with Gasteiger partial charge in [-0.2, -0.15) is 22.6 Å². The minimum absolute atomic E-state index is 0.138. The van der Waals surface area contributed by atoms with E-state index in [9.17, 15) is 21.6 Å². The third kappa shape index (κ3) is 3.67. The first kappa shape index (κ1) is 15.9. The molecule has 0 atom stereocenters. The topological polar surface area (TPSA) is 78.1 Å². The fourth-order valence-corrected chi connectivity index (χ4v) is 3.07. The molecule has 1 aromatic heterocycles. The van der Waals surface area contributed by atoms with Crippen molar-refractivity contribution in [2.75, 3.05) is 20.6 Å². The highest BCUT2D eigenvalue weighted by Gasteiger charge is 2.37. The van der Waals surface area contributed by atoms with Crippen molar-refractivity contribution in [1.29, 1.82) is 0 Å². The predicted octanol–water partition coefficient (Wildman–Crippen LogP) is 0.620. The van der Waals surface area contributed by atoms with Crippen molar-refractivity contribution in [3.05, 3.63) is 11.4 Å². The van der Waals surface area contributed by atoms with Gasteiger partial charge in [-0.05, 0) is 14.0 Å². The number of H-pyrrole nitrogens is 1. The van der Waals surface area contributed by atoms with E-state index in [1.54, 1.807) is 7.05 Å². The van der Waals surface area contributed by atoms with Crippen LogP contribution in [0.25, 0.3) is 0 Å². The van der Waals surface area contributed by atoms with Crippen molar-refractivity contribution in [3.8, 4) is 0 Å². The van der Waals surface area contributed by atoms with Crippen molar-refractivity contribution in [3.63, 3.8) is 0 Å². The van der Waals surface area contributed by atoms with Crippen LogP contribution in [0.15, 0.2) is 4.90 Å². The Hall–Kier alpha value is -1.13. The van der Waals surface area contributed by atoms with Crippen LogP contribution in [0, 0.1) is 6.92 Å². The maximum absolute atomic E-state index is 12.3. The van der Waals surface area contributed by atoms with Crippen LogP contribution in [0.3, 0.4) is 0 Å². The normalized spacial score (nSPS) is 13.2. The molecule has 0 aliphatic carbocycles. The molecule has 6 nitrogen and oxygen atoms in total. The Balaban J connectivity index is 3.16. The van der Waals surface area contributed by atoms with Gasteiger partial charge in [0.2, 0.25) is 10.0 Å². The van der Waals surface area contributed by atoms with E-state index in [-0.39, 0.29) is 27.1 Å². The van der Waals surface area contributed by atoms with Crippen molar-refractivity contribution in [2.45, 2.75) is 24.5 Å². The van der Waals surface area contributed by atoms with Gasteiger partial charge in [-0.25, -0.2) is 8.42 Å². The molecule has 0 saturated carbocycles. The third-order valence-electron chi connectivity index (χ3n) is 2.38. The lowest BCUT2D eigenvalue weighted by molar-refractivity contribution is -0.134. The number of halogens is 3. The number of aryl methyl sites for hydroxylation is 1. The lowest BCUT2D eigenvalue weighted by atomic mass is 10.4. The van der Waals surface area contributed by atoms with E-state index in [2.05, 4.69) is 15.5 Å². The molecule has 0 radical (unpaired) electrons. The number of nitrogens with one attached hydrogen (secondary N) is 2. The SMILES string of the molecule is CNCc1n[nH]c(C)c1S(=O)(=O)N(C)CC(F)(F)F. The van der Waals surface area contributed by atoms with Gasteiger partial charge >= 0.3 is 6.18 Å². The zero-order chi connectivity index (χ0) is 14.8. The molecule has 2 N–H and O–H groups in total. The summed E-state index contributed by atoms with van der Waals surface area (Å²) in [5.74, 6) is 0. The van der Waals surface area contributed by atoms with Gasteiger partial charge in [0.15, 0.2) is 0 Å². The number of sulfonamides is 1. The first-order chi connectivity index (χ1) is 8.59. The molecule has 110 valence electrons. The average molecular weight is 300 g/mol. The average Bonchev–Trinajstić information content (AvgIpc) is 2.58. The number of nitrogens with zero attached hydrogens (tertiary/aromatic N) is 2. The van der Waals surface area contributed by atoms with Crippen LogP contribution in [0.5, 0.6) is 0 Å². The third-order valence-corrected chi connectivity index (χ3v) is 4.38. The van der Waals surface area contributed by atoms with Gasteiger partial charge in [0.25, 0.3) is 0 Å². The molecule has 1 aromatic rings. The van der Waals surface area contributed by atoms with Crippen LogP contribution in [0.4, 0.5) is 13.2 Å². The molecule has 0 saturated heterocycles. The summed E-state index contributed by atoms with van der Waals surface area (Å²) in [4.78, 5) is -0.214. The standard InChI is InChI=1S/C9H15F3N4O2S/c1-6-8(7(4-13-2)15-14-6)19(17,18)16(3)5-9(10,11)12/h13H,4-5H2,1-3H3,(H,14,15). The van der Waals surface area contributed by atoms with Crippen molar-refractivity contribution in [2.24, 2.45) is 0 Å². The van der Waals surface area contributed by atoms with Crippen LogP contribution in [0.1, 0.15) is 11.4 Å². The lowest BCUT2D eigenvalue weighted by Crippen LogP contribution is -2.36. The minimum atomic E-state index is -4.59. The Kier molecular flexibility index (Phi) is 4.59. The lowest BCUT2D eigenvalue weighted by Gasteiger charge is -2.19. The van der Waals surface area contributed by atoms with Crippen LogP contribution >= 0.6 is 0 Å². The molecule has 0 aliphatic rings. The molecule has 0 spiro atoms. The van der Waals surface area contributed by atoms with Crippen molar-refractivity contribution in [1.82, 2.24) is 19.8 Å². The number of aromatic amines is 1. The summed E-state index contributed by atoms with van der Waals surface area (Å²) in [7, 11) is -1.76. The largest absolute Gasteiger partial charge is 0.402 e. The number of hydrogen-bond acceptors (Lipinski definition) is 4. The zero-order valence-corrected chi connectivity index (χ0v) is 11.5. The van der Waals surface area contributed by atoms with Gasteiger partial charge in [-0.15, -0.1) is 0 Å². The molecule has 0 unspecified atom stereocenters. The molecule has 0 amide bonds. The maximum atomic E-state index is 12.3. The van der Waals surface area contributed by atoms with E-state index in [0.29, 0.717) is 0 Å². The number of alkyl halides is 3. The second-order valence-corrected chi connectivity index (χ2v) is 6.01. The summed E-state index contributed by atoms with van der Waals surface area (Å²) in [6.45, 7) is 0.0399. The van der Waals surface area contributed by atoms with Crippen LogP contribution < -0.4 is 5.32 Å². The van der Waals surface area contributed by atoms with Gasteiger partial charge in [0.1, 0.15) is 11.4 Å². The van der Waals surface area contributed by atoms with Crippen molar-refractivity contribution < 1.29 is 21.6 Å². The van der Waals surface area contributed by atoms with E-state index < -0.39 is 22.7 Å². The number of hydrogen-bond donors (Lipinski definition) is 2. The Morgan fingerprint density at radius 1 is 1.42 bits per heavy atom. The minimum Gasteiger partial charge on any atom is -0.314 e. The fourth-order valence-electron chi connectivity index (χ4n) is 1.59. The Labute approximate surface area is 109 Å². The molecule has 0 aliphatic heterocycles. The Bertz CT molecular complexity index is 538.